The maximum Gasteiger partial charge on any atom is 0.303 e. The number of carbonyl (C=O) groups excluding carboxylic acids is 4. The lowest BCUT2D eigenvalue weighted by Crippen LogP contribution is -2.51. The van der Waals surface area contributed by atoms with Crippen molar-refractivity contribution in [2.45, 2.75) is 96.2 Å². The Morgan fingerprint density at radius 3 is 2.26 bits per heavy atom. The third-order valence-electron chi connectivity index (χ3n) is 5.08. The minimum atomic E-state index is -1.17. The van der Waals surface area contributed by atoms with E-state index in [1.807, 2.05) is 0 Å². The second-order valence-electron chi connectivity index (χ2n) is 8.25. The number of hydrogen-bond acceptors (Lipinski definition) is 11. The van der Waals surface area contributed by atoms with Crippen LogP contribution in [-0.2, 0) is 52.3 Å². The molecule has 3 aliphatic heterocycles. The van der Waals surface area contributed by atoms with Gasteiger partial charge in [-0.1, -0.05) is 0 Å². The lowest BCUT2D eigenvalue weighted by molar-refractivity contribution is -0.225. The Morgan fingerprint density at radius 2 is 1.65 bits per heavy atom. The van der Waals surface area contributed by atoms with Crippen molar-refractivity contribution in [1.29, 1.82) is 0 Å². The van der Waals surface area contributed by atoms with Crippen molar-refractivity contribution >= 4 is 23.7 Å². The fraction of sp³-hybridized carbons (Fsp3) is 0.800. The van der Waals surface area contributed by atoms with Crippen LogP contribution in [0.15, 0.2) is 0 Å². The van der Waals surface area contributed by atoms with E-state index in [1.165, 1.54) is 20.8 Å². The molecule has 0 bridgehead atoms. The number of hydrogen-bond donors (Lipinski definition) is 0. The van der Waals surface area contributed by atoms with E-state index in [0.717, 1.165) is 0 Å². The molecule has 1 unspecified atom stereocenters. The van der Waals surface area contributed by atoms with Crippen LogP contribution in [0.5, 0.6) is 0 Å². The zero-order valence-corrected chi connectivity index (χ0v) is 18.2. The Labute approximate surface area is 179 Å². The molecule has 3 fully saturated rings. The van der Waals surface area contributed by atoms with Crippen molar-refractivity contribution in [3.8, 4) is 0 Å². The average Bonchev–Trinajstić information content (AvgIpc) is 3.07. The minimum absolute atomic E-state index is 0.0519. The minimum Gasteiger partial charge on any atom is -0.463 e. The first-order valence-corrected chi connectivity index (χ1v) is 10.1. The molecule has 7 atom stereocenters. The van der Waals surface area contributed by atoms with E-state index in [9.17, 15) is 19.2 Å². The van der Waals surface area contributed by atoms with Gasteiger partial charge in [0.15, 0.2) is 36.2 Å². The summed E-state index contributed by atoms with van der Waals surface area (Å²) < 4.78 is 38.9. The van der Waals surface area contributed by atoms with E-state index in [2.05, 4.69) is 0 Å². The fourth-order valence-electron chi connectivity index (χ4n) is 4.03. The Hall–Kier alpha value is -2.08. The Bertz CT molecular complexity index is 733. The molecular formula is C20H28O11. The van der Waals surface area contributed by atoms with E-state index in [1.54, 1.807) is 13.8 Å². The third kappa shape index (κ3) is 5.79. The zero-order chi connectivity index (χ0) is 22.9. The first-order valence-electron chi connectivity index (χ1n) is 10.1. The number of Topliss-reactive ketones (excluding diaryl/α,β-unsaturated/α-hetero) is 1. The summed E-state index contributed by atoms with van der Waals surface area (Å²) in [5, 5.41) is 0. The summed E-state index contributed by atoms with van der Waals surface area (Å²) >= 11 is 0. The molecule has 0 amide bonds. The van der Waals surface area contributed by atoms with Gasteiger partial charge >= 0.3 is 17.9 Å². The van der Waals surface area contributed by atoms with Gasteiger partial charge in [-0.25, -0.2) is 0 Å². The van der Waals surface area contributed by atoms with Crippen LogP contribution in [0.4, 0.5) is 0 Å². The lowest BCUT2D eigenvalue weighted by atomic mass is 9.94. The van der Waals surface area contributed by atoms with E-state index in [4.69, 9.17) is 33.2 Å². The summed E-state index contributed by atoms with van der Waals surface area (Å²) in [5.41, 5.74) is 0. The number of ketones is 1. The lowest BCUT2D eigenvalue weighted by Gasteiger charge is -2.36. The largest absolute Gasteiger partial charge is 0.463 e. The van der Waals surface area contributed by atoms with E-state index < -0.39 is 66.6 Å². The van der Waals surface area contributed by atoms with Crippen molar-refractivity contribution in [3.05, 3.63) is 0 Å². The molecule has 3 rings (SSSR count). The maximum atomic E-state index is 12.6. The highest BCUT2D eigenvalue weighted by molar-refractivity contribution is 5.87. The van der Waals surface area contributed by atoms with Gasteiger partial charge in [-0.15, -0.1) is 0 Å². The van der Waals surface area contributed by atoms with Crippen LogP contribution in [0.1, 0.15) is 47.5 Å². The van der Waals surface area contributed by atoms with Crippen LogP contribution in [0.2, 0.25) is 0 Å². The van der Waals surface area contributed by atoms with Crippen LogP contribution in [-0.4, -0.2) is 79.0 Å². The third-order valence-corrected chi connectivity index (χ3v) is 5.08. The summed E-state index contributed by atoms with van der Waals surface area (Å²) in [5.74, 6) is -2.96. The molecule has 3 saturated heterocycles. The molecule has 31 heavy (non-hydrogen) atoms. The molecule has 174 valence electrons. The molecule has 3 heterocycles. The summed E-state index contributed by atoms with van der Waals surface area (Å²) in [6.07, 6.45) is -5.38. The van der Waals surface area contributed by atoms with Crippen LogP contribution in [0, 0.1) is 0 Å². The Balaban J connectivity index is 1.70. The molecule has 0 aromatic rings. The van der Waals surface area contributed by atoms with Gasteiger partial charge in [-0.05, 0) is 13.8 Å². The molecule has 11 heteroatoms. The molecular weight excluding hydrogens is 416 g/mol. The van der Waals surface area contributed by atoms with Crippen LogP contribution < -0.4 is 0 Å². The van der Waals surface area contributed by atoms with Crippen LogP contribution >= 0.6 is 0 Å². The van der Waals surface area contributed by atoms with Crippen molar-refractivity contribution in [2.24, 2.45) is 0 Å². The van der Waals surface area contributed by atoms with Gasteiger partial charge in [0.1, 0.15) is 18.8 Å². The molecule has 0 aliphatic carbocycles. The standard InChI is InChI=1S/C20H28O11/c1-9(21)25-8-15-16(26-10(2)22)13(24)6-12(28-15)7-14-17(27-11(3)23)18-19(29-14)31-20(4,5)30-18/h12,14-19H,6-8H2,1-5H3/t12?,14-,15-,16+,17+,18-,19-/m1/s1. The van der Waals surface area contributed by atoms with Crippen LogP contribution in [0.25, 0.3) is 0 Å². The van der Waals surface area contributed by atoms with Crippen molar-refractivity contribution in [1.82, 2.24) is 0 Å². The second-order valence-corrected chi connectivity index (χ2v) is 8.25. The van der Waals surface area contributed by atoms with Gasteiger partial charge in [0.2, 0.25) is 0 Å². The predicted molar refractivity (Wildman–Crippen MR) is 99.3 cm³/mol. The first-order chi connectivity index (χ1) is 14.4. The first kappa shape index (κ1) is 23.6. The normalized spacial score (nSPS) is 36.5. The van der Waals surface area contributed by atoms with Gasteiger partial charge in [0.05, 0.1) is 6.10 Å². The fourth-order valence-corrected chi connectivity index (χ4v) is 4.03. The van der Waals surface area contributed by atoms with E-state index in [0.29, 0.717) is 0 Å². The van der Waals surface area contributed by atoms with Gasteiger partial charge in [0, 0.05) is 33.6 Å². The summed E-state index contributed by atoms with van der Waals surface area (Å²) in [7, 11) is 0. The predicted octanol–water partition coefficient (Wildman–Crippen LogP) is 0.406. The molecule has 0 spiro atoms. The monoisotopic (exact) mass is 444 g/mol. The number of rotatable bonds is 6. The zero-order valence-electron chi connectivity index (χ0n) is 18.2. The Morgan fingerprint density at radius 1 is 0.968 bits per heavy atom. The molecule has 0 aromatic carbocycles. The molecule has 3 aliphatic rings. The van der Waals surface area contributed by atoms with Gasteiger partial charge < -0.3 is 33.2 Å². The van der Waals surface area contributed by atoms with E-state index in [-0.39, 0.29) is 25.2 Å². The van der Waals surface area contributed by atoms with Crippen molar-refractivity contribution < 1.29 is 52.3 Å². The highest BCUT2D eigenvalue weighted by Gasteiger charge is 2.57. The molecule has 0 aromatic heterocycles. The van der Waals surface area contributed by atoms with E-state index >= 15 is 0 Å². The van der Waals surface area contributed by atoms with Crippen LogP contribution in [0.3, 0.4) is 0 Å². The topological polar surface area (TPSA) is 133 Å². The second kappa shape index (κ2) is 9.19. The van der Waals surface area contributed by atoms with Crippen molar-refractivity contribution in [3.63, 3.8) is 0 Å². The summed E-state index contributed by atoms with van der Waals surface area (Å²) in [6.45, 7) is 6.89. The number of ether oxygens (including phenoxy) is 7. The highest BCUT2D eigenvalue weighted by Crippen LogP contribution is 2.40. The van der Waals surface area contributed by atoms with Crippen molar-refractivity contribution in [2.75, 3.05) is 6.61 Å². The average molecular weight is 444 g/mol. The molecule has 0 saturated carbocycles. The number of esters is 3. The quantitative estimate of drug-likeness (QED) is 0.416. The van der Waals surface area contributed by atoms with Gasteiger partial charge in [0.25, 0.3) is 0 Å². The number of carbonyl (C=O) groups is 4. The SMILES string of the molecule is CC(=O)OC[C@H]1OC(C[C@H]2O[C@@H]3OC(C)(C)O[C@@H]3[C@H]2OC(C)=O)CC(=O)[C@@H]1OC(C)=O. The molecule has 0 N–H and O–H groups in total. The van der Waals surface area contributed by atoms with Gasteiger partial charge in [-0.2, -0.15) is 0 Å². The molecule has 0 radical (unpaired) electrons. The maximum absolute atomic E-state index is 12.6. The Kier molecular flexibility index (Phi) is 6.99. The highest BCUT2D eigenvalue weighted by atomic mass is 16.8. The number of fused-ring (bicyclic) bond motifs is 1. The summed E-state index contributed by atoms with van der Waals surface area (Å²) in [4.78, 5) is 46.8. The van der Waals surface area contributed by atoms with Gasteiger partial charge in [-0.3, -0.25) is 19.2 Å². The smallest absolute Gasteiger partial charge is 0.303 e. The summed E-state index contributed by atoms with van der Waals surface area (Å²) in [6, 6.07) is 0. The molecule has 11 nitrogen and oxygen atoms in total.